The molecule has 1 aromatic carbocycles. The van der Waals surface area contributed by atoms with Gasteiger partial charge in [-0.05, 0) is 51.0 Å². The molecule has 1 unspecified atom stereocenters. The van der Waals surface area contributed by atoms with E-state index in [9.17, 15) is 9.90 Å². The Morgan fingerprint density at radius 1 is 1.23 bits per heavy atom. The van der Waals surface area contributed by atoms with Crippen molar-refractivity contribution >= 4 is 40.2 Å². The SMILES string of the molecule is CC(=O)Nc1ccc(Nc2ncnc3c2nc(N2CCCC2CO)n3C(C)C)cc1. The molecular formula is C21H27N7O2. The minimum atomic E-state index is -0.108. The predicted molar refractivity (Wildman–Crippen MR) is 117 cm³/mol. The van der Waals surface area contributed by atoms with Crippen LogP contribution in [0.1, 0.15) is 39.7 Å². The summed E-state index contributed by atoms with van der Waals surface area (Å²) in [7, 11) is 0. The summed E-state index contributed by atoms with van der Waals surface area (Å²) in [5.74, 6) is 1.33. The molecule has 9 heteroatoms. The maximum atomic E-state index is 11.2. The van der Waals surface area contributed by atoms with Gasteiger partial charge in [0.15, 0.2) is 17.0 Å². The zero-order chi connectivity index (χ0) is 21.3. The van der Waals surface area contributed by atoms with Crippen LogP contribution in [0.4, 0.5) is 23.1 Å². The summed E-state index contributed by atoms with van der Waals surface area (Å²) in [6.45, 7) is 6.66. The molecular weight excluding hydrogens is 382 g/mol. The molecule has 0 spiro atoms. The van der Waals surface area contributed by atoms with Crippen LogP contribution in [0.25, 0.3) is 11.2 Å². The average molecular weight is 409 g/mol. The van der Waals surface area contributed by atoms with Crippen molar-refractivity contribution in [2.75, 3.05) is 28.7 Å². The topological polar surface area (TPSA) is 108 Å². The number of aliphatic hydroxyl groups excluding tert-OH is 1. The summed E-state index contributed by atoms with van der Waals surface area (Å²) >= 11 is 0. The predicted octanol–water partition coefficient (Wildman–Crippen LogP) is 3.07. The van der Waals surface area contributed by atoms with Crippen molar-refractivity contribution < 1.29 is 9.90 Å². The second-order valence-corrected chi connectivity index (χ2v) is 7.83. The minimum absolute atomic E-state index is 0.0741. The second kappa shape index (κ2) is 8.27. The van der Waals surface area contributed by atoms with Crippen LogP contribution in [-0.4, -0.2) is 49.7 Å². The molecule has 9 nitrogen and oxygen atoms in total. The highest BCUT2D eigenvalue weighted by atomic mass is 16.3. The molecule has 1 atom stereocenters. The maximum absolute atomic E-state index is 11.2. The highest BCUT2D eigenvalue weighted by molar-refractivity contribution is 5.90. The van der Waals surface area contributed by atoms with E-state index < -0.39 is 0 Å². The lowest BCUT2D eigenvalue weighted by atomic mass is 10.2. The first kappa shape index (κ1) is 20.1. The Balaban J connectivity index is 1.71. The van der Waals surface area contributed by atoms with Crippen LogP contribution in [0, 0.1) is 0 Å². The summed E-state index contributed by atoms with van der Waals surface area (Å²) in [6, 6.07) is 7.64. The van der Waals surface area contributed by atoms with Crippen molar-refractivity contribution in [2.45, 2.75) is 45.7 Å². The van der Waals surface area contributed by atoms with Gasteiger partial charge in [0.2, 0.25) is 11.9 Å². The number of nitrogens with zero attached hydrogens (tertiary/aromatic N) is 5. The number of amides is 1. The van der Waals surface area contributed by atoms with Crippen molar-refractivity contribution in [1.29, 1.82) is 0 Å². The van der Waals surface area contributed by atoms with Gasteiger partial charge in [-0.2, -0.15) is 0 Å². The molecule has 4 rings (SSSR count). The van der Waals surface area contributed by atoms with E-state index in [1.165, 1.54) is 13.3 Å². The highest BCUT2D eigenvalue weighted by Crippen LogP contribution is 2.33. The Kier molecular flexibility index (Phi) is 5.54. The lowest BCUT2D eigenvalue weighted by Crippen LogP contribution is -2.34. The molecule has 2 aromatic heterocycles. The Morgan fingerprint density at radius 3 is 2.63 bits per heavy atom. The number of nitrogens with one attached hydrogen (secondary N) is 2. The van der Waals surface area contributed by atoms with Crippen LogP contribution in [0.3, 0.4) is 0 Å². The van der Waals surface area contributed by atoms with E-state index in [4.69, 9.17) is 4.98 Å². The fourth-order valence-corrected chi connectivity index (χ4v) is 3.93. The van der Waals surface area contributed by atoms with E-state index in [2.05, 4.69) is 43.9 Å². The molecule has 1 aliphatic rings. The lowest BCUT2D eigenvalue weighted by Gasteiger charge is -2.26. The molecule has 158 valence electrons. The molecule has 0 saturated carbocycles. The standard InChI is InChI=1S/C21H27N7O2/c1-13(2)28-20-18(26-21(28)27-10-4-5-17(27)11-29)19(22-12-23-20)25-16-8-6-15(7-9-16)24-14(3)30/h6-9,12-13,17,29H,4-5,10-11H2,1-3H3,(H,24,30)(H,22,23,25). The number of hydrogen-bond donors (Lipinski definition) is 3. The summed E-state index contributed by atoms with van der Waals surface area (Å²) in [6.07, 6.45) is 3.52. The van der Waals surface area contributed by atoms with Gasteiger partial charge in [0.05, 0.1) is 12.6 Å². The van der Waals surface area contributed by atoms with Crippen molar-refractivity contribution in [3.63, 3.8) is 0 Å². The number of benzene rings is 1. The molecule has 0 bridgehead atoms. The molecule has 1 aliphatic heterocycles. The van der Waals surface area contributed by atoms with Gasteiger partial charge in [-0.25, -0.2) is 15.0 Å². The van der Waals surface area contributed by atoms with Crippen molar-refractivity contribution in [2.24, 2.45) is 0 Å². The van der Waals surface area contributed by atoms with Gasteiger partial charge in [-0.3, -0.25) is 9.36 Å². The molecule has 3 N–H and O–H groups in total. The smallest absolute Gasteiger partial charge is 0.221 e. The number of aliphatic hydroxyl groups is 1. The Hall–Kier alpha value is -3.20. The third-order valence-corrected chi connectivity index (χ3v) is 5.29. The van der Waals surface area contributed by atoms with E-state index in [1.807, 2.05) is 24.3 Å². The van der Waals surface area contributed by atoms with E-state index in [1.54, 1.807) is 0 Å². The summed E-state index contributed by atoms with van der Waals surface area (Å²) in [4.78, 5) is 27.2. The minimum Gasteiger partial charge on any atom is -0.394 e. The van der Waals surface area contributed by atoms with Crippen LogP contribution < -0.4 is 15.5 Å². The molecule has 3 heterocycles. The Bertz CT molecular complexity index is 1050. The number of fused-ring (bicyclic) bond motifs is 1. The number of carbonyl (C=O) groups excluding carboxylic acids is 1. The molecule has 1 fully saturated rings. The van der Waals surface area contributed by atoms with Gasteiger partial charge < -0.3 is 20.6 Å². The summed E-state index contributed by atoms with van der Waals surface area (Å²) in [5.41, 5.74) is 3.02. The fraction of sp³-hybridized carbons (Fsp3) is 0.429. The third kappa shape index (κ3) is 3.80. The molecule has 0 aliphatic carbocycles. The number of imidazole rings is 1. The summed E-state index contributed by atoms with van der Waals surface area (Å²) < 4.78 is 2.11. The largest absolute Gasteiger partial charge is 0.394 e. The van der Waals surface area contributed by atoms with E-state index >= 15 is 0 Å². The maximum Gasteiger partial charge on any atom is 0.221 e. The van der Waals surface area contributed by atoms with Gasteiger partial charge in [0.1, 0.15) is 6.33 Å². The zero-order valence-corrected chi connectivity index (χ0v) is 17.5. The van der Waals surface area contributed by atoms with Gasteiger partial charge in [0.25, 0.3) is 0 Å². The quantitative estimate of drug-likeness (QED) is 0.574. The third-order valence-electron chi connectivity index (χ3n) is 5.29. The number of rotatable bonds is 6. The molecule has 30 heavy (non-hydrogen) atoms. The lowest BCUT2D eigenvalue weighted by molar-refractivity contribution is -0.114. The van der Waals surface area contributed by atoms with E-state index in [0.717, 1.165) is 42.4 Å². The van der Waals surface area contributed by atoms with Crippen LogP contribution in [0.5, 0.6) is 0 Å². The van der Waals surface area contributed by atoms with Crippen LogP contribution in [0.15, 0.2) is 30.6 Å². The van der Waals surface area contributed by atoms with Gasteiger partial charge in [-0.1, -0.05) is 0 Å². The van der Waals surface area contributed by atoms with Gasteiger partial charge >= 0.3 is 0 Å². The van der Waals surface area contributed by atoms with E-state index in [0.29, 0.717) is 11.3 Å². The number of aromatic nitrogens is 4. The fourth-order valence-electron chi connectivity index (χ4n) is 3.93. The molecule has 1 amide bonds. The van der Waals surface area contributed by atoms with Gasteiger partial charge in [0, 0.05) is 30.9 Å². The number of hydrogen-bond acceptors (Lipinski definition) is 7. The number of carbonyl (C=O) groups is 1. The van der Waals surface area contributed by atoms with Crippen molar-refractivity contribution in [3.8, 4) is 0 Å². The van der Waals surface area contributed by atoms with Crippen molar-refractivity contribution in [1.82, 2.24) is 19.5 Å². The first-order valence-corrected chi connectivity index (χ1v) is 10.2. The zero-order valence-electron chi connectivity index (χ0n) is 17.5. The summed E-state index contributed by atoms with van der Waals surface area (Å²) in [5, 5.41) is 15.9. The highest BCUT2D eigenvalue weighted by Gasteiger charge is 2.30. The first-order valence-electron chi connectivity index (χ1n) is 10.2. The first-order chi connectivity index (χ1) is 14.5. The Morgan fingerprint density at radius 2 is 1.97 bits per heavy atom. The van der Waals surface area contributed by atoms with Crippen LogP contribution in [-0.2, 0) is 4.79 Å². The Labute approximate surface area is 175 Å². The molecule has 0 radical (unpaired) electrons. The van der Waals surface area contributed by atoms with E-state index in [-0.39, 0.29) is 24.6 Å². The van der Waals surface area contributed by atoms with Crippen LogP contribution in [0.2, 0.25) is 0 Å². The second-order valence-electron chi connectivity index (χ2n) is 7.83. The monoisotopic (exact) mass is 409 g/mol. The van der Waals surface area contributed by atoms with Gasteiger partial charge in [-0.15, -0.1) is 0 Å². The number of anilines is 4. The molecule has 3 aromatic rings. The van der Waals surface area contributed by atoms with Crippen LogP contribution >= 0.6 is 0 Å². The van der Waals surface area contributed by atoms with Crippen molar-refractivity contribution in [3.05, 3.63) is 30.6 Å². The average Bonchev–Trinajstić information content (AvgIpc) is 3.33. The molecule has 1 saturated heterocycles. The normalized spacial score (nSPS) is 16.4.